The van der Waals surface area contributed by atoms with E-state index in [0.717, 1.165) is 19.3 Å². The summed E-state index contributed by atoms with van der Waals surface area (Å²) < 4.78 is 12.0. The second-order valence-corrected chi connectivity index (χ2v) is 12.8. The van der Waals surface area contributed by atoms with Gasteiger partial charge in [-0.05, 0) is 43.8 Å². The fourth-order valence-corrected chi connectivity index (χ4v) is 4.65. The lowest BCUT2D eigenvalue weighted by Gasteiger charge is -2.50. The molecule has 0 saturated heterocycles. The zero-order chi connectivity index (χ0) is 16.3. The van der Waals surface area contributed by atoms with E-state index in [1.807, 2.05) is 6.92 Å². The fourth-order valence-electron chi connectivity index (χ4n) is 2.95. The van der Waals surface area contributed by atoms with Crippen LogP contribution >= 0.6 is 0 Å². The van der Waals surface area contributed by atoms with Crippen LogP contribution in [0.2, 0.25) is 18.1 Å². The topological polar surface area (TPSA) is 35.5 Å². The molecule has 3 nitrogen and oxygen atoms in total. The van der Waals surface area contributed by atoms with Crippen molar-refractivity contribution < 1.29 is 14.0 Å². The molecule has 0 heterocycles. The van der Waals surface area contributed by atoms with Crippen LogP contribution in [0.5, 0.6) is 0 Å². The summed E-state index contributed by atoms with van der Waals surface area (Å²) in [6, 6.07) is 0. The highest BCUT2D eigenvalue weighted by Crippen LogP contribution is 2.46. The number of carbonyl (C=O) groups excluding carboxylic acids is 1. The first-order valence-corrected chi connectivity index (χ1v) is 11.3. The lowest BCUT2D eigenvalue weighted by molar-refractivity contribution is -0.151. The monoisotopic (exact) mass is 314 g/mol. The van der Waals surface area contributed by atoms with E-state index in [2.05, 4.69) is 40.8 Å². The van der Waals surface area contributed by atoms with Crippen molar-refractivity contribution in [3.05, 3.63) is 0 Å². The van der Waals surface area contributed by atoms with E-state index in [-0.39, 0.29) is 16.6 Å². The van der Waals surface area contributed by atoms with E-state index < -0.39 is 8.32 Å². The van der Waals surface area contributed by atoms with E-state index in [0.29, 0.717) is 18.9 Å². The van der Waals surface area contributed by atoms with E-state index in [1.165, 1.54) is 6.42 Å². The smallest absolute Gasteiger partial charge is 0.308 e. The minimum atomic E-state index is -1.90. The van der Waals surface area contributed by atoms with Crippen molar-refractivity contribution in [2.24, 2.45) is 5.92 Å². The molecule has 1 fully saturated rings. The maximum atomic E-state index is 12.1. The van der Waals surface area contributed by atoms with Gasteiger partial charge in [0.1, 0.15) is 0 Å². The Balaban J connectivity index is 2.99. The SMILES string of the molecule is CCOC(=O)C[C@@]1(O[Si](C)(C)C(C)(C)C)CCCC[C@@H]1C. The van der Waals surface area contributed by atoms with Crippen LogP contribution in [0.15, 0.2) is 0 Å². The lowest BCUT2D eigenvalue weighted by atomic mass is 9.74. The van der Waals surface area contributed by atoms with Crippen molar-refractivity contribution in [2.75, 3.05) is 6.61 Å². The minimum absolute atomic E-state index is 0.107. The molecule has 0 bridgehead atoms. The molecule has 0 aromatic heterocycles. The molecule has 0 aliphatic heterocycles. The summed E-state index contributed by atoms with van der Waals surface area (Å²) in [5, 5.41) is 0.159. The number of rotatable bonds is 5. The van der Waals surface area contributed by atoms with Gasteiger partial charge in [-0.25, -0.2) is 0 Å². The molecule has 124 valence electrons. The van der Waals surface area contributed by atoms with Crippen LogP contribution < -0.4 is 0 Å². The molecule has 0 aromatic carbocycles. The summed E-state index contributed by atoms with van der Waals surface area (Å²) in [5.41, 5.74) is -0.312. The fraction of sp³-hybridized carbons (Fsp3) is 0.941. The van der Waals surface area contributed by atoms with E-state index in [1.54, 1.807) is 0 Å². The van der Waals surface area contributed by atoms with Crippen molar-refractivity contribution in [3.8, 4) is 0 Å². The predicted molar refractivity (Wildman–Crippen MR) is 89.9 cm³/mol. The Bertz CT molecular complexity index is 360. The zero-order valence-electron chi connectivity index (χ0n) is 15.0. The molecule has 0 N–H and O–H groups in total. The summed E-state index contributed by atoms with van der Waals surface area (Å²) in [6.45, 7) is 15.9. The van der Waals surface area contributed by atoms with Gasteiger partial charge in [-0.2, -0.15) is 0 Å². The highest BCUT2D eigenvalue weighted by molar-refractivity contribution is 6.74. The second-order valence-electron chi connectivity index (χ2n) is 8.06. The molecule has 1 aliphatic rings. The predicted octanol–water partition coefficient (Wildman–Crippen LogP) is 4.91. The standard InChI is InChI=1S/C17H34O3Si/c1-8-19-15(18)13-17(12-10-9-11-14(17)2)20-21(6,7)16(3,4)5/h14H,8-13H2,1-7H3/t14-,17-/m0/s1. The van der Waals surface area contributed by atoms with Crippen LogP contribution in [0.3, 0.4) is 0 Å². The molecule has 0 spiro atoms. The highest BCUT2D eigenvalue weighted by Gasteiger charge is 2.49. The van der Waals surface area contributed by atoms with Gasteiger partial charge in [-0.1, -0.05) is 40.5 Å². The first kappa shape index (κ1) is 18.7. The van der Waals surface area contributed by atoms with Gasteiger partial charge in [0.25, 0.3) is 0 Å². The Kier molecular flexibility index (Phi) is 6.07. The van der Waals surface area contributed by atoms with Crippen LogP contribution in [0.1, 0.15) is 66.7 Å². The van der Waals surface area contributed by atoms with Gasteiger partial charge in [0.2, 0.25) is 0 Å². The highest BCUT2D eigenvalue weighted by atomic mass is 28.4. The second kappa shape index (κ2) is 6.82. The van der Waals surface area contributed by atoms with Crippen LogP contribution in [-0.2, 0) is 14.0 Å². The molecule has 0 amide bonds. The number of carbonyl (C=O) groups is 1. The van der Waals surface area contributed by atoms with Gasteiger partial charge in [-0.3, -0.25) is 4.79 Å². The van der Waals surface area contributed by atoms with Crippen molar-refractivity contribution in [2.45, 2.75) is 90.5 Å². The summed E-state index contributed by atoms with van der Waals surface area (Å²) in [6.07, 6.45) is 4.94. The van der Waals surface area contributed by atoms with Crippen molar-refractivity contribution in [3.63, 3.8) is 0 Å². The third-order valence-electron chi connectivity index (χ3n) is 5.40. The number of esters is 1. The largest absolute Gasteiger partial charge is 0.466 e. The van der Waals surface area contributed by atoms with Crippen molar-refractivity contribution in [1.82, 2.24) is 0 Å². The molecular formula is C17H34O3Si. The summed E-state index contributed by atoms with van der Waals surface area (Å²) in [4.78, 5) is 12.1. The number of hydrogen-bond donors (Lipinski definition) is 0. The van der Waals surface area contributed by atoms with Gasteiger partial charge >= 0.3 is 5.97 Å². The quantitative estimate of drug-likeness (QED) is 0.534. The minimum Gasteiger partial charge on any atom is -0.466 e. The molecule has 1 rings (SSSR count). The zero-order valence-corrected chi connectivity index (χ0v) is 16.0. The van der Waals surface area contributed by atoms with E-state index in [4.69, 9.17) is 9.16 Å². The molecule has 21 heavy (non-hydrogen) atoms. The first-order chi connectivity index (χ1) is 9.54. The van der Waals surface area contributed by atoms with Crippen LogP contribution in [-0.4, -0.2) is 26.5 Å². The molecule has 0 radical (unpaired) electrons. The van der Waals surface area contributed by atoms with Crippen LogP contribution in [0.4, 0.5) is 0 Å². The summed E-state index contributed by atoms with van der Waals surface area (Å²) in [7, 11) is -1.90. The van der Waals surface area contributed by atoms with E-state index in [9.17, 15) is 4.79 Å². The Labute approximate surface area is 131 Å². The Morgan fingerprint density at radius 2 is 1.90 bits per heavy atom. The number of ether oxygens (including phenoxy) is 1. The Hall–Kier alpha value is -0.353. The normalized spacial score (nSPS) is 27.5. The first-order valence-electron chi connectivity index (χ1n) is 8.40. The molecular weight excluding hydrogens is 280 g/mol. The average Bonchev–Trinajstić information content (AvgIpc) is 2.31. The molecule has 1 aliphatic carbocycles. The number of hydrogen-bond acceptors (Lipinski definition) is 3. The lowest BCUT2D eigenvalue weighted by Crippen LogP contribution is -2.54. The van der Waals surface area contributed by atoms with E-state index >= 15 is 0 Å². The van der Waals surface area contributed by atoms with Crippen molar-refractivity contribution >= 4 is 14.3 Å². The maximum absolute atomic E-state index is 12.1. The van der Waals surface area contributed by atoms with Gasteiger partial charge in [-0.15, -0.1) is 0 Å². The molecule has 0 unspecified atom stereocenters. The molecule has 4 heteroatoms. The van der Waals surface area contributed by atoms with Crippen LogP contribution in [0, 0.1) is 5.92 Å². The molecule has 2 atom stereocenters. The molecule has 1 saturated carbocycles. The van der Waals surface area contributed by atoms with Gasteiger partial charge in [0, 0.05) is 0 Å². The average molecular weight is 315 g/mol. The third-order valence-corrected chi connectivity index (χ3v) is 9.93. The van der Waals surface area contributed by atoms with Gasteiger partial charge in [0.15, 0.2) is 8.32 Å². The molecule has 0 aromatic rings. The Morgan fingerprint density at radius 1 is 1.29 bits per heavy atom. The van der Waals surface area contributed by atoms with Gasteiger partial charge < -0.3 is 9.16 Å². The summed E-state index contributed by atoms with van der Waals surface area (Å²) >= 11 is 0. The summed E-state index contributed by atoms with van der Waals surface area (Å²) in [5.74, 6) is 0.315. The third kappa shape index (κ3) is 4.56. The van der Waals surface area contributed by atoms with Gasteiger partial charge in [0.05, 0.1) is 18.6 Å². The maximum Gasteiger partial charge on any atom is 0.308 e. The van der Waals surface area contributed by atoms with Crippen molar-refractivity contribution in [1.29, 1.82) is 0 Å². The van der Waals surface area contributed by atoms with Crippen LogP contribution in [0.25, 0.3) is 0 Å². The Morgan fingerprint density at radius 3 is 2.38 bits per heavy atom.